The van der Waals surface area contributed by atoms with Gasteiger partial charge in [0.2, 0.25) is 0 Å². The standard InChI is InChI=1S/C14H23N5O/c1-2-9-19(10-11-5-3-4-6-16-11)14-12(13(15)20)17-7-8-18-14/h7-8,11,16H,2-6,9-10H2,1H3,(H2,15,20). The van der Waals surface area contributed by atoms with Crippen LogP contribution in [0.15, 0.2) is 12.4 Å². The number of anilines is 1. The van der Waals surface area contributed by atoms with E-state index in [1.165, 1.54) is 19.0 Å². The summed E-state index contributed by atoms with van der Waals surface area (Å²) < 4.78 is 0. The monoisotopic (exact) mass is 277 g/mol. The maximum Gasteiger partial charge on any atom is 0.271 e. The molecule has 0 aliphatic carbocycles. The Labute approximate surface area is 119 Å². The number of nitrogens with one attached hydrogen (secondary N) is 1. The Balaban J connectivity index is 2.16. The Morgan fingerprint density at radius 2 is 2.25 bits per heavy atom. The fraction of sp³-hybridized carbons (Fsp3) is 0.643. The molecular formula is C14H23N5O. The van der Waals surface area contributed by atoms with E-state index in [1.54, 1.807) is 6.20 Å². The predicted octanol–water partition coefficient (Wildman–Crippen LogP) is 0.934. The fourth-order valence-corrected chi connectivity index (χ4v) is 2.64. The van der Waals surface area contributed by atoms with Crippen LogP contribution in [0.3, 0.4) is 0 Å². The van der Waals surface area contributed by atoms with Gasteiger partial charge in [0, 0.05) is 31.5 Å². The molecular weight excluding hydrogens is 254 g/mol. The molecule has 0 radical (unpaired) electrons. The highest BCUT2D eigenvalue weighted by Crippen LogP contribution is 2.17. The number of hydrogen-bond donors (Lipinski definition) is 2. The van der Waals surface area contributed by atoms with Gasteiger partial charge in [-0.1, -0.05) is 13.3 Å². The summed E-state index contributed by atoms with van der Waals surface area (Å²) in [6.07, 6.45) is 7.75. The van der Waals surface area contributed by atoms with E-state index in [0.29, 0.717) is 11.9 Å². The number of primary amides is 1. The zero-order valence-electron chi connectivity index (χ0n) is 12.0. The molecule has 1 unspecified atom stereocenters. The molecule has 2 heterocycles. The normalized spacial score (nSPS) is 18.8. The van der Waals surface area contributed by atoms with E-state index in [1.807, 2.05) is 0 Å². The van der Waals surface area contributed by atoms with E-state index in [-0.39, 0.29) is 5.69 Å². The third kappa shape index (κ3) is 3.66. The third-order valence-electron chi connectivity index (χ3n) is 3.56. The van der Waals surface area contributed by atoms with E-state index in [4.69, 9.17) is 5.73 Å². The Morgan fingerprint density at radius 3 is 2.90 bits per heavy atom. The van der Waals surface area contributed by atoms with Crippen molar-refractivity contribution in [2.45, 2.75) is 38.6 Å². The van der Waals surface area contributed by atoms with Crippen molar-refractivity contribution in [3.05, 3.63) is 18.1 Å². The zero-order chi connectivity index (χ0) is 14.4. The molecule has 20 heavy (non-hydrogen) atoms. The summed E-state index contributed by atoms with van der Waals surface area (Å²) in [5, 5.41) is 3.52. The van der Waals surface area contributed by atoms with Crippen molar-refractivity contribution in [2.75, 3.05) is 24.5 Å². The zero-order valence-corrected chi connectivity index (χ0v) is 12.0. The lowest BCUT2D eigenvalue weighted by molar-refractivity contribution is 0.0995. The molecule has 0 bridgehead atoms. The Morgan fingerprint density at radius 1 is 1.45 bits per heavy atom. The van der Waals surface area contributed by atoms with Crippen LogP contribution < -0.4 is 16.0 Å². The average Bonchev–Trinajstić information content (AvgIpc) is 2.48. The van der Waals surface area contributed by atoms with Gasteiger partial charge in [0.05, 0.1) is 0 Å². The van der Waals surface area contributed by atoms with Gasteiger partial charge in [-0.2, -0.15) is 0 Å². The van der Waals surface area contributed by atoms with Gasteiger partial charge in [0.15, 0.2) is 11.5 Å². The van der Waals surface area contributed by atoms with Gasteiger partial charge in [0.25, 0.3) is 5.91 Å². The molecule has 1 aliphatic heterocycles. The van der Waals surface area contributed by atoms with Crippen LogP contribution in [0.25, 0.3) is 0 Å². The van der Waals surface area contributed by atoms with E-state index in [2.05, 4.69) is 27.1 Å². The van der Waals surface area contributed by atoms with Crippen LogP contribution in [0.5, 0.6) is 0 Å². The second-order valence-corrected chi connectivity index (χ2v) is 5.19. The van der Waals surface area contributed by atoms with Crippen molar-refractivity contribution >= 4 is 11.7 Å². The summed E-state index contributed by atoms with van der Waals surface area (Å²) in [5.74, 6) is 0.0834. The molecule has 0 aromatic carbocycles. The highest BCUT2D eigenvalue weighted by Gasteiger charge is 2.21. The van der Waals surface area contributed by atoms with Crippen LogP contribution in [0.1, 0.15) is 43.1 Å². The number of nitrogens with two attached hydrogens (primary N) is 1. The lowest BCUT2D eigenvalue weighted by Gasteiger charge is -2.31. The van der Waals surface area contributed by atoms with Crippen LogP contribution in [0.4, 0.5) is 5.82 Å². The maximum absolute atomic E-state index is 11.5. The second-order valence-electron chi connectivity index (χ2n) is 5.19. The number of hydrogen-bond acceptors (Lipinski definition) is 5. The van der Waals surface area contributed by atoms with Crippen molar-refractivity contribution in [3.63, 3.8) is 0 Å². The first-order chi connectivity index (χ1) is 9.72. The van der Waals surface area contributed by atoms with Crippen molar-refractivity contribution < 1.29 is 4.79 Å². The van der Waals surface area contributed by atoms with Gasteiger partial charge in [-0.05, 0) is 25.8 Å². The maximum atomic E-state index is 11.5. The van der Waals surface area contributed by atoms with Gasteiger partial charge >= 0.3 is 0 Å². The highest BCUT2D eigenvalue weighted by atomic mass is 16.1. The van der Waals surface area contributed by atoms with E-state index in [9.17, 15) is 4.79 Å². The van der Waals surface area contributed by atoms with E-state index >= 15 is 0 Å². The molecule has 0 saturated carbocycles. The summed E-state index contributed by atoms with van der Waals surface area (Å²) in [6.45, 7) is 4.86. The minimum absolute atomic E-state index is 0.261. The van der Waals surface area contributed by atoms with Crippen LogP contribution in [-0.2, 0) is 0 Å². The minimum Gasteiger partial charge on any atom is -0.364 e. The van der Waals surface area contributed by atoms with E-state index < -0.39 is 5.91 Å². The topological polar surface area (TPSA) is 84.1 Å². The van der Waals surface area contributed by atoms with Crippen LogP contribution in [0, 0.1) is 0 Å². The molecule has 3 N–H and O–H groups in total. The average molecular weight is 277 g/mol. The van der Waals surface area contributed by atoms with Gasteiger partial charge < -0.3 is 16.0 Å². The van der Waals surface area contributed by atoms with Crippen molar-refractivity contribution in [3.8, 4) is 0 Å². The minimum atomic E-state index is -0.522. The Hall–Kier alpha value is -1.69. The fourth-order valence-electron chi connectivity index (χ4n) is 2.64. The lowest BCUT2D eigenvalue weighted by Crippen LogP contribution is -2.44. The Kier molecular flexibility index (Phi) is 5.29. The summed E-state index contributed by atoms with van der Waals surface area (Å²) in [6, 6.07) is 0.443. The molecule has 6 nitrogen and oxygen atoms in total. The molecule has 1 aliphatic rings. The summed E-state index contributed by atoms with van der Waals surface area (Å²) in [5.41, 5.74) is 5.66. The second kappa shape index (κ2) is 7.19. The molecule has 1 atom stereocenters. The number of carbonyl (C=O) groups excluding carboxylic acids is 1. The number of carbonyl (C=O) groups is 1. The molecule has 2 rings (SSSR count). The number of nitrogens with zero attached hydrogens (tertiary/aromatic N) is 3. The molecule has 1 aromatic heterocycles. The lowest BCUT2D eigenvalue weighted by atomic mass is 10.0. The molecule has 1 saturated heterocycles. The molecule has 0 spiro atoms. The SMILES string of the molecule is CCCN(CC1CCCCN1)c1nccnc1C(N)=O. The number of piperidine rings is 1. The summed E-state index contributed by atoms with van der Waals surface area (Å²) in [7, 11) is 0. The number of aromatic nitrogens is 2. The quantitative estimate of drug-likeness (QED) is 0.808. The van der Waals surface area contributed by atoms with Gasteiger partial charge in [-0.3, -0.25) is 4.79 Å². The van der Waals surface area contributed by atoms with E-state index in [0.717, 1.165) is 32.5 Å². The first-order valence-corrected chi connectivity index (χ1v) is 7.31. The molecule has 1 fully saturated rings. The first-order valence-electron chi connectivity index (χ1n) is 7.31. The van der Waals surface area contributed by atoms with Gasteiger partial charge in [-0.25, -0.2) is 9.97 Å². The summed E-state index contributed by atoms with van der Waals surface area (Å²) >= 11 is 0. The van der Waals surface area contributed by atoms with Crippen LogP contribution >= 0.6 is 0 Å². The Bertz CT molecular complexity index is 445. The number of rotatable bonds is 6. The molecule has 110 valence electrons. The highest BCUT2D eigenvalue weighted by molar-refractivity contribution is 5.95. The number of amides is 1. The van der Waals surface area contributed by atoms with Crippen molar-refractivity contribution in [1.29, 1.82) is 0 Å². The third-order valence-corrected chi connectivity index (χ3v) is 3.56. The predicted molar refractivity (Wildman–Crippen MR) is 78.7 cm³/mol. The van der Waals surface area contributed by atoms with Crippen molar-refractivity contribution in [2.24, 2.45) is 5.73 Å². The first kappa shape index (κ1) is 14.7. The van der Waals surface area contributed by atoms with Gasteiger partial charge in [-0.15, -0.1) is 0 Å². The largest absolute Gasteiger partial charge is 0.364 e. The van der Waals surface area contributed by atoms with Gasteiger partial charge in [0.1, 0.15) is 0 Å². The molecule has 6 heteroatoms. The molecule has 1 amide bonds. The summed E-state index contributed by atoms with van der Waals surface area (Å²) in [4.78, 5) is 22.0. The smallest absolute Gasteiger partial charge is 0.271 e. The van der Waals surface area contributed by atoms with Crippen LogP contribution in [-0.4, -0.2) is 41.6 Å². The molecule has 1 aromatic rings. The van der Waals surface area contributed by atoms with Crippen LogP contribution in [0.2, 0.25) is 0 Å². The van der Waals surface area contributed by atoms with Crippen molar-refractivity contribution in [1.82, 2.24) is 15.3 Å².